The monoisotopic (exact) mass is 349 g/mol. The summed E-state index contributed by atoms with van der Waals surface area (Å²) in [6.45, 7) is 4.34. The van der Waals surface area contributed by atoms with Crippen molar-refractivity contribution in [2.75, 3.05) is 5.32 Å². The minimum Gasteiger partial charge on any atom is -0.294 e. The van der Waals surface area contributed by atoms with Gasteiger partial charge in [0.2, 0.25) is 11.9 Å². The first-order chi connectivity index (χ1) is 12.5. The Morgan fingerprint density at radius 3 is 2.54 bits per heavy atom. The number of amides is 1. The number of hydrogen-bond donors (Lipinski definition) is 1. The van der Waals surface area contributed by atoms with Gasteiger partial charge in [0, 0.05) is 18.5 Å². The van der Waals surface area contributed by atoms with Crippen LogP contribution < -0.4 is 5.32 Å². The number of ketones is 1. The molecule has 1 saturated carbocycles. The molecule has 0 bridgehead atoms. The summed E-state index contributed by atoms with van der Waals surface area (Å²) in [5.74, 6) is 1.08. The van der Waals surface area contributed by atoms with Crippen LogP contribution in [-0.4, -0.2) is 21.7 Å². The van der Waals surface area contributed by atoms with E-state index in [1.165, 1.54) is 5.56 Å². The lowest BCUT2D eigenvalue weighted by atomic mass is 9.81. The van der Waals surface area contributed by atoms with E-state index in [-0.39, 0.29) is 23.5 Å². The van der Waals surface area contributed by atoms with Crippen LogP contribution in [-0.2, 0) is 11.2 Å². The van der Waals surface area contributed by atoms with E-state index in [0.717, 1.165) is 24.1 Å². The van der Waals surface area contributed by atoms with Gasteiger partial charge in [-0.25, -0.2) is 9.97 Å². The molecule has 0 aliphatic heterocycles. The highest BCUT2D eigenvalue weighted by molar-refractivity contribution is 5.99. The maximum absolute atomic E-state index is 12.5. The predicted octanol–water partition coefficient (Wildman–Crippen LogP) is 3.86. The van der Waals surface area contributed by atoms with E-state index in [9.17, 15) is 9.59 Å². The Kier molecular flexibility index (Phi) is 4.31. The van der Waals surface area contributed by atoms with Gasteiger partial charge < -0.3 is 0 Å². The Morgan fingerprint density at radius 1 is 1.15 bits per heavy atom. The van der Waals surface area contributed by atoms with E-state index in [4.69, 9.17) is 0 Å². The fourth-order valence-electron chi connectivity index (χ4n) is 3.45. The number of carbonyl (C=O) groups excluding carboxylic acids is 2. The number of nitrogens with one attached hydrogen (secondary N) is 1. The molecule has 0 radical (unpaired) electrons. The molecule has 2 aliphatic carbocycles. The topological polar surface area (TPSA) is 72.0 Å². The van der Waals surface area contributed by atoms with Gasteiger partial charge in [0.25, 0.3) is 0 Å². The number of aromatic nitrogens is 2. The predicted molar refractivity (Wildman–Crippen MR) is 99.3 cm³/mol. The van der Waals surface area contributed by atoms with Gasteiger partial charge in [0.15, 0.2) is 5.78 Å². The molecule has 4 rings (SSSR count). The van der Waals surface area contributed by atoms with Crippen LogP contribution >= 0.6 is 0 Å². The number of rotatable bonds is 4. The van der Waals surface area contributed by atoms with Crippen molar-refractivity contribution in [3.05, 3.63) is 52.8 Å². The number of benzene rings is 1. The van der Waals surface area contributed by atoms with Crippen molar-refractivity contribution in [2.45, 2.75) is 51.4 Å². The molecule has 1 aromatic heterocycles. The highest BCUT2D eigenvalue weighted by atomic mass is 16.2. The average molecular weight is 349 g/mol. The van der Waals surface area contributed by atoms with Crippen LogP contribution in [0, 0.1) is 5.92 Å². The second-order valence-electron chi connectivity index (χ2n) is 7.67. The lowest BCUT2D eigenvalue weighted by molar-refractivity contribution is -0.117. The van der Waals surface area contributed by atoms with Gasteiger partial charge in [-0.1, -0.05) is 38.1 Å². The van der Waals surface area contributed by atoms with Crippen molar-refractivity contribution in [3.8, 4) is 0 Å². The molecule has 1 atom stereocenters. The van der Waals surface area contributed by atoms with Crippen molar-refractivity contribution < 1.29 is 9.59 Å². The molecule has 0 spiro atoms. The Labute approximate surface area is 153 Å². The maximum atomic E-state index is 12.5. The van der Waals surface area contributed by atoms with Gasteiger partial charge in [-0.2, -0.15) is 0 Å². The number of nitrogens with zero attached hydrogens (tertiary/aromatic N) is 2. The number of Topliss-reactive ketones (excluding diaryl/α,β-unsaturated/α-hetero) is 1. The molecule has 1 fully saturated rings. The van der Waals surface area contributed by atoms with Crippen molar-refractivity contribution in [2.24, 2.45) is 5.92 Å². The normalized spacial score (nSPS) is 19.3. The zero-order valence-corrected chi connectivity index (χ0v) is 15.2. The first-order valence-corrected chi connectivity index (χ1v) is 9.31. The molecule has 1 N–H and O–H groups in total. The largest absolute Gasteiger partial charge is 0.294 e. The molecule has 1 aromatic carbocycles. The van der Waals surface area contributed by atoms with E-state index >= 15 is 0 Å². The third-order valence-electron chi connectivity index (χ3n) is 5.30. The summed E-state index contributed by atoms with van der Waals surface area (Å²) in [6, 6.07) is 8.52. The van der Waals surface area contributed by atoms with Gasteiger partial charge in [-0.15, -0.1) is 0 Å². The summed E-state index contributed by atoms with van der Waals surface area (Å²) < 4.78 is 0. The van der Waals surface area contributed by atoms with Gasteiger partial charge in [-0.05, 0) is 42.2 Å². The fraction of sp³-hybridized carbons (Fsp3) is 0.429. The van der Waals surface area contributed by atoms with E-state index in [0.29, 0.717) is 30.3 Å². The zero-order chi connectivity index (χ0) is 18.3. The summed E-state index contributed by atoms with van der Waals surface area (Å²) >= 11 is 0. The molecule has 0 saturated heterocycles. The standard InChI is InChI=1S/C21H23N3O2/c1-12(2)13-3-5-14(6-4-13)16-9-18-17(19(25)10-16)11-22-21(23-18)24-20(26)15-7-8-15/h3-6,11-12,15-16H,7-10H2,1-2H3,(H,22,23,24,26). The number of hydrogen-bond acceptors (Lipinski definition) is 4. The van der Waals surface area contributed by atoms with E-state index in [1.54, 1.807) is 6.20 Å². The van der Waals surface area contributed by atoms with Crippen molar-refractivity contribution >= 4 is 17.6 Å². The Hall–Kier alpha value is -2.56. The van der Waals surface area contributed by atoms with Crippen LogP contribution in [0.5, 0.6) is 0 Å². The molecule has 26 heavy (non-hydrogen) atoms. The molecule has 1 amide bonds. The number of fused-ring (bicyclic) bond motifs is 1. The first-order valence-electron chi connectivity index (χ1n) is 9.31. The lowest BCUT2D eigenvalue weighted by Crippen LogP contribution is -2.22. The van der Waals surface area contributed by atoms with E-state index in [2.05, 4.69) is 53.4 Å². The minimum absolute atomic E-state index is 0.0205. The molecular weight excluding hydrogens is 326 g/mol. The molecule has 1 unspecified atom stereocenters. The highest BCUT2D eigenvalue weighted by Gasteiger charge is 2.31. The van der Waals surface area contributed by atoms with E-state index < -0.39 is 0 Å². The summed E-state index contributed by atoms with van der Waals surface area (Å²) in [7, 11) is 0. The van der Waals surface area contributed by atoms with Crippen LogP contribution in [0.4, 0.5) is 5.95 Å². The third kappa shape index (κ3) is 3.39. The van der Waals surface area contributed by atoms with Crippen molar-refractivity contribution in [3.63, 3.8) is 0 Å². The number of anilines is 1. The average Bonchev–Trinajstić information content (AvgIpc) is 3.46. The smallest absolute Gasteiger partial charge is 0.229 e. The summed E-state index contributed by atoms with van der Waals surface area (Å²) in [4.78, 5) is 33.1. The molecule has 5 heteroatoms. The molecule has 1 heterocycles. The van der Waals surface area contributed by atoms with Gasteiger partial charge in [0.05, 0.1) is 11.3 Å². The van der Waals surface area contributed by atoms with Crippen LogP contribution in [0.3, 0.4) is 0 Å². The van der Waals surface area contributed by atoms with Crippen LogP contribution in [0.15, 0.2) is 30.5 Å². The zero-order valence-electron chi connectivity index (χ0n) is 15.2. The second-order valence-corrected chi connectivity index (χ2v) is 7.67. The summed E-state index contributed by atoms with van der Waals surface area (Å²) in [5, 5.41) is 2.77. The third-order valence-corrected chi connectivity index (χ3v) is 5.30. The highest BCUT2D eigenvalue weighted by Crippen LogP contribution is 2.33. The van der Waals surface area contributed by atoms with Crippen molar-refractivity contribution in [1.29, 1.82) is 0 Å². The SMILES string of the molecule is CC(C)c1ccc(C2CC(=O)c3cnc(NC(=O)C4CC4)nc3C2)cc1. The summed E-state index contributed by atoms with van der Waals surface area (Å²) in [5.41, 5.74) is 3.78. The Bertz CT molecular complexity index is 854. The molecular formula is C21H23N3O2. The Balaban J connectivity index is 1.55. The second kappa shape index (κ2) is 6.63. The van der Waals surface area contributed by atoms with Gasteiger partial charge >= 0.3 is 0 Å². The molecule has 2 aromatic rings. The maximum Gasteiger partial charge on any atom is 0.229 e. The van der Waals surface area contributed by atoms with Crippen LogP contribution in [0.1, 0.15) is 72.1 Å². The first kappa shape index (κ1) is 16.9. The minimum atomic E-state index is -0.0205. The van der Waals surface area contributed by atoms with Gasteiger partial charge in [0.1, 0.15) is 0 Å². The van der Waals surface area contributed by atoms with Crippen LogP contribution in [0.2, 0.25) is 0 Å². The van der Waals surface area contributed by atoms with Crippen LogP contribution in [0.25, 0.3) is 0 Å². The van der Waals surface area contributed by atoms with Gasteiger partial charge in [-0.3, -0.25) is 14.9 Å². The molecule has 2 aliphatic rings. The molecule has 5 nitrogen and oxygen atoms in total. The van der Waals surface area contributed by atoms with Crippen molar-refractivity contribution in [1.82, 2.24) is 9.97 Å². The Morgan fingerprint density at radius 2 is 1.88 bits per heavy atom. The summed E-state index contributed by atoms with van der Waals surface area (Å²) in [6.07, 6.45) is 4.60. The van der Waals surface area contributed by atoms with E-state index in [1.807, 2.05) is 0 Å². The number of carbonyl (C=O) groups is 2. The fourth-order valence-corrected chi connectivity index (χ4v) is 3.45. The quantitative estimate of drug-likeness (QED) is 0.910. The lowest BCUT2D eigenvalue weighted by Gasteiger charge is -2.23. The molecule has 134 valence electrons.